The van der Waals surface area contributed by atoms with Crippen LogP contribution in [0.4, 0.5) is 9.80 Å². The largest absolute Gasteiger partial charge is 0.497 e. The highest BCUT2D eigenvalue weighted by molar-refractivity contribution is 7.99. The fraction of sp³-hybridized carbons (Fsp3) is 0.409. The summed E-state index contributed by atoms with van der Waals surface area (Å²) in [6.07, 6.45) is 4.26. The van der Waals surface area contributed by atoms with Crippen LogP contribution in [0, 0.1) is 0 Å². The van der Waals surface area contributed by atoms with Gasteiger partial charge in [0.2, 0.25) is 5.91 Å². The lowest BCUT2D eigenvalue weighted by atomic mass is 10.0. The average molecular weight is 463 g/mol. The van der Waals surface area contributed by atoms with Gasteiger partial charge in [0.15, 0.2) is 0 Å². The Morgan fingerprint density at radius 2 is 1.81 bits per heavy atom. The number of thioether (sulfide) groups is 1. The maximum absolute atomic E-state index is 12.7. The number of ether oxygens (including phenoxy) is 2. The number of aryl methyl sites for hydroxylation is 1. The smallest absolute Gasteiger partial charge is 0.413 e. The summed E-state index contributed by atoms with van der Waals surface area (Å²) < 4.78 is 9.70. The Kier molecular flexibility index (Phi) is 8.36. The topological polar surface area (TPSA) is 93.7 Å². The van der Waals surface area contributed by atoms with E-state index in [2.05, 4.69) is 15.4 Å². The number of carbonyl (C=O) groups excluding carboxylic acids is 3. The first-order valence-electron chi connectivity index (χ1n) is 10.1. The number of carbonyl (C=O) groups is 3. The Hall–Kier alpha value is -2.52. The van der Waals surface area contributed by atoms with Gasteiger partial charge in [-0.25, -0.2) is 4.79 Å². The number of thiophene rings is 1. The van der Waals surface area contributed by atoms with Gasteiger partial charge in [-0.15, -0.1) is 23.1 Å². The van der Waals surface area contributed by atoms with E-state index in [1.165, 1.54) is 18.4 Å². The van der Waals surface area contributed by atoms with Crippen LogP contribution in [0.5, 0.6) is 5.75 Å². The standard InChI is InChI=1S/C22H26N2O5S2/c1-28-14-8-10-15(11-9-14)30-13-12-18(25)23-21-19(20(26)24-22(27)29-2)16-6-4-3-5-7-17(16)31-21/h8-11H,3-7,12-13H2,1-2H3,(H,23,25)(H,24,26,27). The third-order valence-electron chi connectivity index (χ3n) is 4.96. The van der Waals surface area contributed by atoms with Gasteiger partial charge in [0.25, 0.3) is 5.91 Å². The average Bonchev–Trinajstić information content (AvgIpc) is 2.94. The highest BCUT2D eigenvalue weighted by Gasteiger charge is 2.26. The highest BCUT2D eigenvalue weighted by Crippen LogP contribution is 2.37. The number of rotatable bonds is 7. The van der Waals surface area contributed by atoms with Crippen molar-refractivity contribution in [1.29, 1.82) is 0 Å². The van der Waals surface area contributed by atoms with Crippen LogP contribution in [0.2, 0.25) is 0 Å². The molecule has 0 atom stereocenters. The van der Waals surface area contributed by atoms with Crippen LogP contribution < -0.4 is 15.4 Å². The van der Waals surface area contributed by atoms with Crippen LogP contribution in [0.15, 0.2) is 29.2 Å². The van der Waals surface area contributed by atoms with Crippen molar-refractivity contribution in [3.63, 3.8) is 0 Å². The molecule has 0 fully saturated rings. The SMILES string of the molecule is COC(=O)NC(=O)c1c(NC(=O)CCSc2ccc(OC)cc2)sc2c1CCCCC2. The lowest BCUT2D eigenvalue weighted by molar-refractivity contribution is -0.115. The highest BCUT2D eigenvalue weighted by atomic mass is 32.2. The molecule has 0 unspecified atom stereocenters. The van der Waals surface area contributed by atoms with Crippen LogP contribution >= 0.6 is 23.1 Å². The second-order valence-corrected chi connectivity index (χ2v) is 9.31. The molecule has 1 heterocycles. The monoisotopic (exact) mass is 462 g/mol. The summed E-state index contributed by atoms with van der Waals surface area (Å²) in [6.45, 7) is 0. The van der Waals surface area contributed by atoms with Gasteiger partial charge < -0.3 is 14.8 Å². The van der Waals surface area contributed by atoms with Crippen molar-refractivity contribution in [2.45, 2.75) is 43.4 Å². The summed E-state index contributed by atoms with van der Waals surface area (Å²) in [4.78, 5) is 39.0. The van der Waals surface area contributed by atoms with Crippen LogP contribution in [-0.2, 0) is 22.4 Å². The minimum Gasteiger partial charge on any atom is -0.497 e. The molecule has 9 heteroatoms. The number of alkyl carbamates (subject to hydrolysis) is 1. The Balaban J connectivity index is 1.66. The van der Waals surface area contributed by atoms with Crippen molar-refractivity contribution in [3.05, 3.63) is 40.3 Å². The predicted octanol–water partition coefficient (Wildman–Crippen LogP) is 4.64. The van der Waals surface area contributed by atoms with E-state index >= 15 is 0 Å². The quantitative estimate of drug-likeness (QED) is 0.460. The minimum atomic E-state index is -0.813. The van der Waals surface area contributed by atoms with Crippen molar-refractivity contribution in [3.8, 4) is 5.75 Å². The summed E-state index contributed by atoms with van der Waals surface area (Å²) in [5.74, 6) is 0.698. The second-order valence-electron chi connectivity index (χ2n) is 7.04. The lowest BCUT2D eigenvalue weighted by Crippen LogP contribution is -2.31. The minimum absolute atomic E-state index is 0.162. The molecule has 2 N–H and O–H groups in total. The second kappa shape index (κ2) is 11.2. The van der Waals surface area contributed by atoms with E-state index in [1.54, 1.807) is 18.9 Å². The maximum Gasteiger partial charge on any atom is 0.413 e. The molecule has 3 amide bonds. The van der Waals surface area contributed by atoms with E-state index in [9.17, 15) is 14.4 Å². The molecule has 7 nitrogen and oxygen atoms in total. The molecule has 1 aromatic heterocycles. The van der Waals surface area contributed by atoms with Crippen LogP contribution in [0.1, 0.15) is 46.5 Å². The van der Waals surface area contributed by atoms with E-state index in [4.69, 9.17) is 4.74 Å². The number of methoxy groups -OCH3 is 2. The molecule has 0 radical (unpaired) electrons. The van der Waals surface area contributed by atoms with Gasteiger partial charge in [0.05, 0.1) is 19.8 Å². The summed E-state index contributed by atoms with van der Waals surface area (Å²) >= 11 is 3.01. The van der Waals surface area contributed by atoms with Crippen molar-refractivity contribution >= 4 is 46.0 Å². The number of hydrogen-bond acceptors (Lipinski definition) is 7. The van der Waals surface area contributed by atoms with Gasteiger partial charge in [-0.05, 0) is 55.5 Å². The fourth-order valence-corrected chi connectivity index (χ4v) is 5.55. The van der Waals surface area contributed by atoms with E-state index in [1.807, 2.05) is 24.3 Å². The first-order chi connectivity index (χ1) is 15.0. The van der Waals surface area contributed by atoms with Gasteiger partial charge >= 0.3 is 6.09 Å². The van der Waals surface area contributed by atoms with Crippen LogP contribution in [0.25, 0.3) is 0 Å². The molecule has 0 saturated heterocycles. The third kappa shape index (κ3) is 6.24. The Morgan fingerprint density at radius 3 is 2.52 bits per heavy atom. The number of amides is 3. The fourth-order valence-electron chi connectivity index (χ4n) is 3.40. The number of imide groups is 1. The maximum atomic E-state index is 12.7. The number of nitrogens with one attached hydrogen (secondary N) is 2. The Labute approximate surface area is 189 Å². The Bertz CT molecular complexity index is 940. The number of benzene rings is 1. The first kappa shape index (κ1) is 23.1. The van der Waals surface area contributed by atoms with Gasteiger partial charge in [-0.3, -0.25) is 14.9 Å². The molecule has 1 aliphatic rings. The summed E-state index contributed by atoms with van der Waals surface area (Å²) in [6, 6.07) is 7.67. The molecule has 3 rings (SSSR count). The molecule has 2 aromatic rings. The predicted molar refractivity (Wildman–Crippen MR) is 122 cm³/mol. The molecule has 0 bridgehead atoms. The van der Waals surface area contributed by atoms with Gasteiger partial charge in [0.1, 0.15) is 10.8 Å². The van der Waals surface area contributed by atoms with Crippen molar-refractivity contribution in [1.82, 2.24) is 5.32 Å². The van der Waals surface area contributed by atoms with E-state index in [-0.39, 0.29) is 5.91 Å². The zero-order valence-corrected chi connectivity index (χ0v) is 19.2. The summed E-state index contributed by atoms with van der Waals surface area (Å²) in [5.41, 5.74) is 1.33. The van der Waals surface area contributed by atoms with Crippen molar-refractivity contribution in [2.24, 2.45) is 0 Å². The zero-order chi connectivity index (χ0) is 22.2. The lowest BCUT2D eigenvalue weighted by Gasteiger charge is -2.09. The first-order valence-corrected chi connectivity index (χ1v) is 11.9. The summed E-state index contributed by atoms with van der Waals surface area (Å²) in [5, 5.41) is 5.64. The van der Waals surface area contributed by atoms with Crippen LogP contribution in [0.3, 0.4) is 0 Å². The molecule has 0 aliphatic heterocycles. The van der Waals surface area contributed by atoms with Gasteiger partial charge in [-0.1, -0.05) is 6.42 Å². The molecule has 0 spiro atoms. The number of anilines is 1. The molecule has 1 aromatic carbocycles. The van der Waals surface area contributed by atoms with Gasteiger partial charge in [0, 0.05) is 21.9 Å². The number of hydrogen-bond donors (Lipinski definition) is 2. The van der Waals surface area contributed by atoms with Crippen LogP contribution in [-0.4, -0.2) is 37.9 Å². The third-order valence-corrected chi connectivity index (χ3v) is 7.18. The molecule has 31 heavy (non-hydrogen) atoms. The van der Waals surface area contributed by atoms with E-state index in [0.717, 1.165) is 53.2 Å². The normalized spacial score (nSPS) is 13.0. The molecule has 166 valence electrons. The molecular weight excluding hydrogens is 436 g/mol. The summed E-state index contributed by atoms with van der Waals surface area (Å²) in [7, 11) is 2.83. The van der Waals surface area contributed by atoms with E-state index in [0.29, 0.717) is 22.7 Å². The molecular formula is C22H26N2O5S2. The van der Waals surface area contributed by atoms with Gasteiger partial charge in [-0.2, -0.15) is 0 Å². The Morgan fingerprint density at radius 1 is 1.06 bits per heavy atom. The number of fused-ring (bicyclic) bond motifs is 1. The van der Waals surface area contributed by atoms with E-state index < -0.39 is 12.0 Å². The molecule has 0 saturated carbocycles. The molecule has 1 aliphatic carbocycles. The zero-order valence-electron chi connectivity index (χ0n) is 17.6. The van der Waals surface area contributed by atoms with Crippen molar-refractivity contribution < 1.29 is 23.9 Å². The van der Waals surface area contributed by atoms with Crippen molar-refractivity contribution in [2.75, 3.05) is 25.3 Å².